The van der Waals surface area contributed by atoms with Crippen molar-refractivity contribution in [3.8, 4) is 11.4 Å². The first-order valence-electron chi connectivity index (χ1n) is 5.98. The van der Waals surface area contributed by atoms with E-state index in [1.807, 2.05) is 0 Å². The topological polar surface area (TPSA) is 34.6 Å². The van der Waals surface area contributed by atoms with Gasteiger partial charge in [0.05, 0.1) is 23.8 Å². The Balaban J connectivity index is 2.06. The third kappa shape index (κ3) is 1.51. The molecule has 4 heterocycles. The smallest absolute Gasteiger partial charge is 0.139 e. The molecule has 4 rings (SSSR count). The second-order valence-corrected chi connectivity index (χ2v) is 4.44. The monoisotopic (exact) mass is 270 g/mol. The number of halogens is 2. The molecule has 20 heavy (non-hydrogen) atoms. The molecule has 0 aliphatic rings. The summed E-state index contributed by atoms with van der Waals surface area (Å²) in [5.74, 6) is -0.728. The van der Waals surface area contributed by atoms with Gasteiger partial charge in [0.2, 0.25) is 0 Å². The van der Waals surface area contributed by atoms with E-state index in [1.165, 1.54) is 24.5 Å². The molecule has 0 aromatic carbocycles. The van der Waals surface area contributed by atoms with Crippen molar-refractivity contribution in [3.05, 3.63) is 60.7 Å². The van der Waals surface area contributed by atoms with Crippen LogP contribution in [0.2, 0.25) is 0 Å². The molecule has 0 amide bonds. The number of pyridine rings is 2. The number of hydrogen-bond acceptors (Lipinski definition) is 2. The standard InChI is InChI=1S/C14H8F2N4/c15-9-1-3-13-17-5-11(19(13)7-9)12-6-18-14-4-2-10(16)8-20(12)14/h1-8H. The SMILES string of the molecule is Fc1ccc2ncc(-c3cnc4ccc(F)cn34)n2c1. The highest BCUT2D eigenvalue weighted by molar-refractivity contribution is 5.63. The first-order valence-corrected chi connectivity index (χ1v) is 5.98. The van der Waals surface area contributed by atoms with Crippen LogP contribution in [0.5, 0.6) is 0 Å². The lowest BCUT2D eigenvalue weighted by Crippen LogP contribution is -1.94. The van der Waals surface area contributed by atoms with Crippen molar-refractivity contribution in [1.82, 2.24) is 18.8 Å². The number of aromatic nitrogens is 4. The molecular formula is C14H8F2N4. The molecule has 0 bridgehead atoms. The summed E-state index contributed by atoms with van der Waals surface area (Å²) in [5, 5.41) is 0. The average molecular weight is 270 g/mol. The first-order chi connectivity index (χ1) is 9.72. The zero-order valence-corrected chi connectivity index (χ0v) is 10.2. The van der Waals surface area contributed by atoms with Crippen LogP contribution in [0, 0.1) is 11.6 Å². The molecule has 0 saturated carbocycles. The van der Waals surface area contributed by atoms with Crippen molar-refractivity contribution >= 4 is 11.3 Å². The first kappa shape index (κ1) is 11.1. The van der Waals surface area contributed by atoms with Crippen LogP contribution in [0.25, 0.3) is 22.7 Å². The summed E-state index contributed by atoms with van der Waals surface area (Å²) >= 11 is 0. The van der Waals surface area contributed by atoms with Crippen LogP contribution in [0.15, 0.2) is 49.1 Å². The zero-order valence-electron chi connectivity index (χ0n) is 10.2. The van der Waals surface area contributed by atoms with Crippen LogP contribution in [0.1, 0.15) is 0 Å². The predicted octanol–water partition coefficient (Wildman–Crippen LogP) is 2.93. The molecule has 4 aromatic heterocycles. The highest BCUT2D eigenvalue weighted by Crippen LogP contribution is 2.22. The van der Waals surface area contributed by atoms with Gasteiger partial charge in [-0.3, -0.25) is 8.80 Å². The Labute approximate surface area is 111 Å². The number of nitrogens with zero attached hydrogens (tertiary/aromatic N) is 4. The minimum absolute atomic E-state index is 0.364. The lowest BCUT2D eigenvalue weighted by Gasteiger charge is -2.02. The summed E-state index contributed by atoms with van der Waals surface area (Å²) in [7, 11) is 0. The van der Waals surface area contributed by atoms with Gasteiger partial charge in [0.25, 0.3) is 0 Å². The lowest BCUT2D eigenvalue weighted by molar-refractivity contribution is 0.618. The summed E-state index contributed by atoms with van der Waals surface area (Å²) in [4.78, 5) is 8.41. The summed E-state index contributed by atoms with van der Waals surface area (Å²) in [6, 6.07) is 5.87. The van der Waals surface area contributed by atoms with E-state index in [4.69, 9.17) is 0 Å². The Morgan fingerprint density at radius 2 is 1.15 bits per heavy atom. The molecule has 0 fully saturated rings. The molecule has 0 atom stereocenters. The highest BCUT2D eigenvalue weighted by atomic mass is 19.1. The fourth-order valence-electron chi connectivity index (χ4n) is 2.29. The molecule has 4 aromatic rings. The molecule has 0 spiro atoms. The average Bonchev–Trinajstić information content (AvgIpc) is 3.01. The molecule has 98 valence electrons. The van der Waals surface area contributed by atoms with Crippen molar-refractivity contribution in [2.45, 2.75) is 0 Å². The molecule has 0 saturated heterocycles. The van der Waals surface area contributed by atoms with Crippen molar-refractivity contribution in [2.24, 2.45) is 0 Å². The van der Waals surface area contributed by atoms with Crippen LogP contribution in [-0.2, 0) is 0 Å². The largest absolute Gasteiger partial charge is 0.295 e. The van der Waals surface area contributed by atoms with E-state index in [-0.39, 0.29) is 11.6 Å². The van der Waals surface area contributed by atoms with Gasteiger partial charge in [0.1, 0.15) is 22.9 Å². The summed E-state index contributed by atoms with van der Waals surface area (Å²) in [6.07, 6.45) is 5.92. The van der Waals surface area contributed by atoms with Gasteiger partial charge in [0, 0.05) is 12.4 Å². The molecular weight excluding hydrogens is 262 g/mol. The fourth-order valence-corrected chi connectivity index (χ4v) is 2.29. The van der Waals surface area contributed by atoms with Crippen LogP contribution in [-0.4, -0.2) is 18.8 Å². The molecule has 0 radical (unpaired) electrons. The van der Waals surface area contributed by atoms with E-state index in [1.54, 1.807) is 33.3 Å². The van der Waals surface area contributed by atoms with Gasteiger partial charge < -0.3 is 0 Å². The van der Waals surface area contributed by atoms with E-state index in [2.05, 4.69) is 9.97 Å². The second kappa shape index (κ2) is 3.86. The summed E-state index contributed by atoms with van der Waals surface area (Å²) < 4.78 is 30.0. The Morgan fingerprint density at radius 1 is 0.700 bits per heavy atom. The van der Waals surface area contributed by atoms with Crippen LogP contribution < -0.4 is 0 Å². The molecule has 0 aliphatic carbocycles. The Morgan fingerprint density at radius 3 is 1.60 bits per heavy atom. The second-order valence-electron chi connectivity index (χ2n) is 4.44. The van der Waals surface area contributed by atoms with Crippen molar-refractivity contribution in [1.29, 1.82) is 0 Å². The molecule has 0 N–H and O–H groups in total. The number of fused-ring (bicyclic) bond motifs is 2. The summed E-state index contributed by atoms with van der Waals surface area (Å²) in [5.41, 5.74) is 2.54. The van der Waals surface area contributed by atoms with Crippen LogP contribution in [0.3, 0.4) is 0 Å². The van der Waals surface area contributed by atoms with E-state index < -0.39 is 0 Å². The third-order valence-corrected chi connectivity index (χ3v) is 3.20. The van der Waals surface area contributed by atoms with Gasteiger partial charge >= 0.3 is 0 Å². The van der Waals surface area contributed by atoms with Crippen LogP contribution >= 0.6 is 0 Å². The van der Waals surface area contributed by atoms with Crippen molar-refractivity contribution < 1.29 is 8.78 Å². The maximum Gasteiger partial charge on any atom is 0.139 e. The Bertz CT molecular complexity index is 861. The van der Waals surface area contributed by atoms with Gasteiger partial charge in [-0.2, -0.15) is 0 Å². The van der Waals surface area contributed by atoms with Crippen molar-refractivity contribution in [3.63, 3.8) is 0 Å². The number of imidazole rings is 2. The zero-order chi connectivity index (χ0) is 13.7. The van der Waals surface area contributed by atoms with Gasteiger partial charge in [-0.15, -0.1) is 0 Å². The minimum Gasteiger partial charge on any atom is -0.295 e. The molecule has 0 unspecified atom stereocenters. The van der Waals surface area contributed by atoms with E-state index in [0.717, 1.165) is 0 Å². The maximum absolute atomic E-state index is 13.4. The normalized spacial score (nSPS) is 11.5. The van der Waals surface area contributed by atoms with Crippen LogP contribution in [0.4, 0.5) is 8.78 Å². The number of hydrogen-bond donors (Lipinski definition) is 0. The van der Waals surface area contributed by atoms with Gasteiger partial charge in [-0.25, -0.2) is 18.7 Å². The molecule has 6 heteroatoms. The maximum atomic E-state index is 13.4. The van der Waals surface area contributed by atoms with E-state index in [0.29, 0.717) is 22.7 Å². The third-order valence-electron chi connectivity index (χ3n) is 3.20. The summed E-state index contributed by atoms with van der Waals surface area (Å²) in [6.45, 7) is 0. The van der Waals surface area contributed by atoms with E-state index in [9.17, 15) is 8.78 Å². The fraction of sp³-hybridized carbons (Fsp3) is 0. The Hall–Kier alpha value is -2.76. The Kier molecular flexibility index (Phi) is 2.14. The van der Waals surface area contributed by atoms with Gasteiger partial charge in [0.15, 0.2) is 0 Å². The van der Waals surface area contributed by atoms with Crippen molar-refractivity contribution in [2.75, 3.05) is 0 Å². The predicted molar refractivity (Wildman–Crippen MR) is 69.3 cm³/mol. The minimum atomic E-state index is -0.364. The highest BCUT2D eigenvalue weighted by Gasteiger charge is 2.12. The molecule has 0 aliphatic heterocycles. The lowest BCUT2D eigenvalue weighted by atomic mass is 10.3. The number of rotatable bonds is 1. The molecule has 4 nitrogen and oxygen atoms in total. The van der Waals surface area contributed by atoms with Gasteiger partial charge in [-0.1, -0.05) is 0 Å². The van der Waals surface area contributed by atoms with E-state index >= 15 is 0 Å². The quantitative estimate of drug-likeness (QED) is 0.533. The van der Waals surface area contributed by atoms with Gasteiger partial charge in [-0.05, 0) is 24.3 Å².